The molecule has 0 radical (unpaired) electrons. The van der Waals surface area contributed by atoms with Gasteiger partial charge in [0.05, 0.1) is 12.6 Å². The number of hydrogen-bond donors (Lipinski definition) is 1. The van der Waals surface area contributed by atoms with Crippen LogP contribution < -0.4 is 0 Å². The van der Waals surface area contributed by atoms with Crippen LogP contribution in [-0.4, -0.2) is 35.1 Å². The van der Waals surface area contributed by atoms with Crippen molar-refractivity contribution in [3.05, 3.63) is 35.4 Å². The maximum atomic E-state index is 12.8. The van der Waals surface area contributed by atoms with Crippen LogP contribution in [0, 0.1) is 11.8 Å². The van der Waals surface area contributed by atoms with E-state index in [1.807, 2.05) is 4.90 Å². The predicted octanol–water partition coefficient (Wildman–Crippen LogP) is 1.95. The quantitative estimate of drug-likeness (QED) is 0.893. The highest BCUT2D eigenvalue weighted by atomic mass is 16.3. The molecule has 2 fully saturated rings. The van der Waals surface area contributed by atoms with Crippen molar-refractivity contribution >= 4 is 5.91 Å². The lowest BCUT2D eigenvalue weighted by molar-refractivity contribution is -0.134. The second-order valence-corrected chi connectivity index (χ2v) is 6.46. The molecule has 3 aliphatic rings. The number of carbonyl (C=O) groups excluding carboxylic acids is 1. The molecular weight excluding hydrogens is 250 g/mol. The fourth-order valence-corrected chi connectivity index (χ4v) is 4.41. The van der Waals surface area contributed by atoms with Crippen molar-refractivity contribution in [2.75, 3.05) is 13.2 Å². The summed E-state index contributed by atoms with van der Waals surface area (Å²) in [5.74, 6) is 1.49. The van der Waals surface area contributed by atoms with Crippen molar-refractivity contribution in [3.63, 3.8) is 0 Å². The normalized spacial score (nSPS) is 34.5. The van der Waals surface area contributed by atoms with Gasteiger partial charge in [-0.25, -0.2) is 0 Å². The number of fused-ring (bicyclic) bond motifs is 3. The third-order valence-electron chi connectivity index (χ3n) is 5.49. The minimum absolute atomic E-state index is 0.0698. The average Bonchev–Trinajstić information content (AvgIpc) is 3.04. The summed E-state index contributed by atoms with van der Waals surface area (Å²) in [4.78, 5) is 14.7. The van der Waals surface area contributed by atoms with Gasteiger partial charge in [0.2, 0.25) is 5.91 Å². The molecule has 1 saturated carbocycles. The summed E-state index contributed by atoms with van der Waals surface area (Å²) in [6.45, 7) is 0.950. The van der Waals surface area contributed by atoms with E-state index in [-0.39, 0.29) is 18.6 Å². The largest absolute Gasteiger partial charge is 0.394 e. The molecule has 0 spiro atoms. The number of benzene rings is 1. The first-order valence-electron chi connectivity index (χ1n) is 7.80. The van der Waals surface area contributed by atoms with Gasteiger partial charge in [0.1, 0.15) is 0 Å². The van der Waals surface area contributed by atoms with Crippen molar-refractivity contribution in [1.29, 1.82) is 0 Å². The second kappa shape index (κ2) is 4.59. The lowest BCUT2D eigenvalue weighted by Crippen LogP contribution is -2.39. The zero-order chi connectivity index (χ0) is 13.7. The number of hydrogen-bond acceptors (Lipinski definition) is 2. The van der Waals surface area contributed by atoms with E-state index in [4.69, 9.17) is 0 Å². The number of nitrogens with zero attached hydrogens (tertiary/aromatic N) is 1. The summed E-state index contributed by atoms with van der Waals surface area (Å²) < 4.78 is 0. The Labute approximate surface area is 119 Å². The number of aliphatic hydroxyl groups is 1. The summed E-state index contributed by atoms with van der Waals surface area (Å²) in [6.07, 6.45) is 4.26. The van der Waals surface area contributed by atoms with Crippen molar-refractivity contribution in [1.82, 2.24) is 4.90 Å². The molecule has 0 bridgehead atoms. The molecule has 1 saturated heterocycles. The van der Waals surface area contributed by atoms with E-state index in [9.17, 15) is 9.90 Å². The van der Waals surface area contributed by atoms with E-state index < -0.39 is 0 Å². The highest BCUT2D eigenvalue weighted by Crippen LogP contribution is 2.60. The van der Waals surface area contributed by atoms with E-state index in [1.165, 1.54) is 11.1 Å². The second-order valence-electron chi connectivity index (χ2n) is 6.46. The molecule has 1 heterocycles. The molecular formula is C17H21NO2. The lowest BCUT2D eigenvalue weighted by atomic mass is 9.92. The van der Waals surface area contributed by atoms with Gasteiger partial charge in [-0.2, -0.15) is 0 Å². The zero-order valence-corrected chi connectivity index (χ0v) is 11.7. The van der Waals surface area contributed by atoms with Crippen LogP contribution in [0.5, 0.6) is 0 Å². The van der Waals surface area contributed by atoms with Crippen LogP contribution in [0.2, 0.25) is 0 Å². The number of aliphatic hydroxyl groups excluding tert-OH is 1. The first kappa shape index (κ1) is 12.4. The highest BCUT2D eigenvalue weighted by molar-refractivity contribution is 5.84. The molecule has 4 rings (SSSR count). The molecule has 1 N–H and O–H groups in total. The fraction of sp³-hybridized carbons (Fsp3) is 0.588. The fourth-order valence-electron chi connectivity index (χ4n) is 4.41. The van der Waals surface area contributed by atoms with Gasteiger partial charge >= 0.3 is 0 Å². The third-order valence-corrected chi connectivity index (χ3v) is 5.49. The Morgan fingerprint density at radius 1 is 1.30 bits per heavy atom. The lowest BCUT2D eigenvalue weighted by Gasteiger charge is -2.23. The van der Waals surface area contributed by atoms with Gasteiger partial charge in [0.15, 0.2) is 0 Å². The van der Waals surface area contributed by atoms with Crippen LogP contribution in [0.4, 0.5) is 0 Å². The number of aryl methyl sites for hydroxylation is 1. The molecule has 1 amide bonds. The van der Waals surface area contributed by atoms with E-state index >= 15 is 0 Å². The molecule has 20 heavy (non-hydrogen) atoms. The van der Waals surface area contributed by atoms with Gasteiger partial charge in [0, 0.05) is 12.5 Å². The van der Waals surface area contributed by atoms with Crippen LogP contribution >= 0.6 is 0 Å². The van der Waals surface area contributed by atoms with Crippen LogP contribution in [0.25, 0.3) is 0 Å². The molecule has 1 aromatic carbocycles. The summed E-state index contributed by atoms with van der Waals surface area (Å²) in [5.41, 5.74) is 2.84. The number of rotatable bonds is 2. The summed E-state index contributed by atoms with van der Waals surface area (Å²) >= 11 is 0. The molecule has 106 valence electrons. The Morgan fingerprint density at radius 2 is 2.15 bits per heavy atom. The topological polar surface area (TPSA) is 40.5 Å². The molecule has 2 aliphatic carbocycles. The van der Waals surface area contributed by atoms with Crippen molar-refractivity contribution in [2.24, 2.45) is 11.8 Å². The van der Waals surface area contributed by atoms with E-state index in [2.05, 4.69) is 24.3 Å². The average molecular weight is 271 g/mol. The van der Waals surface area contributed by atoms with Crippen LogP contribution in [0.15, 0.2) is 24.3 Å². The summed E-state index contributed by atoms with van der Waals surface area (Å²) in [5, 5.41) is 9.41. The van der Waals surface area contributed by atoms with Gasteiger partial charge in [-0.15, -0.1) is 0 Å². The standard InChI is InChI=1S/C17H21NO2/c19-10-12-5-3-9-18(12)17(20)16-14-8-7-11-4-1-2-6-13(11)15(14)16/h1-2,4,6,12,14-16,19H,3,5,7-10H2/t12-,14?,15?,16?/m0/s1. The minimum atomic E-state index is 0.0698. The maximum Gasteiger partial charge on any atom is 0.226 e. The predicted molar refractivity (Wildman–Crippen MR) is 76.3 cm³/mol. The smallest absolute Gasteiger partial charge is 0.226 e. The van der Waals surface area contributed by atoms with Crippen molar-refractivity contribution in [2.45, 2.75) is 37.6 Å². The molecule has 4 atom stereocenters. The summed E-state index contributed by atoms with van der Waals surface area (Å²) in [6, 6.07) is 8.67. The first-order valence-corrected chi connectivity index (χ1v) is 7.80. The van der Waals surface area contributed by atoms with Gasteiger partial charge < -0.3 is 10.0 Å². The Kier molecular flexibility index (Phi) is 2.84. The van der Waals surface area contributed by atoms with Gasteiger partial charge in [-0.3, -0.25) is 4.79 Å². The molecule has 3 nitrogen and oxygen atoms in total. The zero-order valence-electron chi connectivity index (χ0n) is 11.7. The SMILES string of the molecule is O=C(C1C2CCc3ccccc3C21)N1CCC[C@H]1CO. The Morgan fingerprint density at radius 3 is 3.00 bits per heavy atom. The minimum Gasteiger partial charge on any atom is -0.394 e. The molecule has 3 unspecified atom stereocenters. The maximum absolute atomic E-state index is 12.8. The van der Waals surface area contributed by atoms with Crippen LogP contribution in [0.1, 0.15) is 36.3 Å². The van der Waals surface area contributed by atoms with Crippen molar-refractivity contribution < 1.29 is 9.90 Å². The van der Waals surface area contributed by atoms with Crippen LogP contribution in [0.3, 0.4) is 0 Å². The monoisotopic (exact) mass is 271 g/mol. The Hall–Kier alpha value is -1.35. The summed E-state index contributed by atoms with van der Waals surface area (Å²) in [7, 11) is 0. The molecule has 3 heteroatoms. The van der Waals surface area contributed by atoms with Gasteiger partial charge in [0.25, 0.3) is 0 Å². The number of likely N-dealkylation sites (tertiary alicyclic amines) is 1. The van der Waals surface area contributed by atoms with E-state index in [0.717, 1.165) is 32.2 Å². The Bertz CT molecular complexity index is 542. The Balaban J connectivity index is 1.56. The van der Waals surface area contributed by atoms with Gasteiger partial charge in [-0.05, 0) is 48.6 Å². The van der Waals surface area contributed by atoms with E-state index in [0.29, 0.717) is 17.7 Å². The van der Waals surface area contributed by atoms with Crippen LogP contribution in [-0.2, 0) is 11.2 Å². The van der Waals surface area contributed by atoms with E-state index in [1.54, 1.807) is 0 Å². The van der Waals surface area contributed by atoms with Crippen molar-refractivity contribution in [3.8, 4) is 0 Å². The molecule has 1 aliphatic heterocycles. The first-order chi connectivity index (χ1) is 9.81. The number of carbonyl (C=O) groups is 1. The van der Waals surface area contributed by atoms with Gasteiger partial charge in [-0.1, -0.05) is 24.3 Å². The number of amides is 1. The highest BCUT2D eigenvalue weighted by Gasteiger charge is 2.58. The third kappa shape index (κ3) is 1.72. The molecule has 1 aromatic rings. The molecule has 0 aromatic heterocycles.